The van der Waals surface area contributed by atoms with Crippen molar-refractivity contribution in [2.75, 3.05) is 0 Å². The van der Waals surface area contributed by atoms with E-state index in [-0.39, 0.29) is 11.3 Å². The molecule has 0 saturated carbocycles. The number of hydrogen-bond acceptors (Lipinski definition) is 5. The van der Waals surface area contributed by atoms with E-state index in [0.29, 0.717) is 28.3 Å². The average Bonchev–Trinajstić information content (AvgIpc) is 2.62. The van der Waals surface area contributed by atoms with Crippen LogP contribution in [0.4, 0.5) is 5.69 Å². The molecule has 3 aromatic rings. The topological polar surface area (TPSA) is 109 Å². The quantitative estimate of drug-likeness (QED) is 0.568. The van der Waals surface area contributed by atoms with Crippen LogP contribution in [0.25, 0.3) is 11.1 Å². The standard InChI is InChI=1S/C19H13N3O4/c1-12-9-17(18(11-20)19(23)21-12)13-3-2-4-16(10-13)26-15-7-5-14(6-8-15)22(24)25/h2-10H,1H3,(H,21,23). The van der Waals surface area contributed by atoms with Crippen LogP contribution in [-0.4, -0.2) is 9.91 Å². The molecule has 0 amide bonds. The molecule has 7 heteroatoms. The van der Waals surface area contributed by atoms with Gasteiger partial charge in [-0.1, -0.05) is 12.1 Å². The first-order chi connectivity index (χ1) is 12.5. The summed E-state index contributed by atoms with van der Waals surface area (Å²) in [5.74, 6) is 0.925. The summed E-state index contributed by atoms with van der Waals surface area (Å²) in [6.07, 6.45) is 0. The fourth-order valence-electron chi connectivity index (χ4n) is 2.53. The molecule has 0 saturated heterocycles. The number of pyridine rings is 1. The third-order valence-electron chi connectivity index (χ3n) is 3.71. The van der Waals surface area contributed by atoms with E-state index in [0.717, 1.165) is 0 Å². The highest BCUT2D eigenvalue weighted by Crippen LogP contribution is 2.29. The third kappa shape index (κ3) is 3.44. The monoisotopic (exact) mass is 347 g/mol. The maximum absolute atomic E-state index is 12.0. The number of aryl methyl sites for hydroxylation is 1. The summed E-state index contributed by atoms with van der Waals surface area (Å²) in [7, 11) is 0. The van der Waals surface area contributed by atoms with Crippen molar-refractivity contribution in [1.29, 1.82) is 5.26 Å². The van der Waals surface area contributed by atoms with Gasteiger partial charge in [0.25, 0.3) is 11.2 Å². The summed E-state index contributed by atoms with van der Waals surface area (Å²) < 4.78 is 5.72. The predicted octanol–water partition coefficient (Wildman–Crippen LogP) is 3.92. The van der Waals surface area contributed by atoms with E-state index < -0.39 is 10.5 Å². The SMILES string of the molecule is Cc1cc(-c2cccc(Oc3ccc([N+](=O)[O-])cc3)c2)c(C#N)c(=O)[nH]1. The highest BCUT2D eigenvalue weighted by atomic mass is 16.6. The Labute approximate surface area is 148 Å². The summed E-state index contributed by atoms with van der Waals surface area (Å²) >= 11 is 0. The van der Waals surface area contributed by atoms with E-state index >= 15 is 0 Å². The molecule has 128 valence electrons. The largest absolute Gasteiger partial charge is 0.457 e. The fourth-order valence-corrected chi connectivity index (χ4v) is 2.53. The molecule has 2 aromatic carbocycles. The Balaban J connectivity index is 1.96. The number of hydrogen-bond donors (Lipinski definition) is 1. The Hall–Kier alpha value is -3.92. The molecule has 0 atom stereocenters. The van der Waals surface area contributed by atoms with Crippen molar-refractivity contribution in [3.8, 4) is 28.7 Å². The molecule has 0 bridgehead atoms. The predicted molar refractivity (Wildman–Crippen MR) is 95.1 cm³/mol. The van der Waals surface area contributed by atoms with Crippen molar-refractivity contribution in [2.45, 2.75) is 6.92 Å². The molecule has 0 spiro atoms. The van der Waals surface area contributed by atoms with E-state index in [1.165, 1.54) is 24.3 Å². The number of H-pyrrole nitrogens is 1. The number of nitriles is 1. The second-order valence-electron chi connectivity index (χ2n) is 5.56. The van der Waals surface area contributed by atoms with E-state index in [1.54, 1.807) is 37.3 Å². The summed E-state index contributed by atoms with van der Waals surface area (Å²) in [5, 5.41) is 20.0. The van der Waals surface area contributed by atoms with Gasteiger partial charge < -0.3 is 9.72 Å². The van der Waals surface area contributed by atoms with E-state index in [4.69, 9.17) is 4.74 Å². The number of nitro groups is 1. The minimum Gasteiger partial charge on any atom is -0.457 e. The molecule has 0 unspecified atom stereocenters. The second kappa shape index (κ2) is 6.91. The van der Waals surface area contributed by atoms with Gasteiger partial charge in [0.1, 0.15) is 23.1 Å². The summed E-state index contributed by atoms with van der Waals surface area (Å²) in [5.41, 5.74) is 1.39. The fraction of sp³-hybridized carbons (Fsp3) is 0.0526. The lowest BCUT2D eigenvalue weighted by molar-refractivity contribution is -0.384. The number of aromatic nitrogens is 1. The van der Waals surface area contributed by atoms with Gasteiger partial charge in [-0.25, -0.2) is 0 Å². The van der Waals surface area contributed by atoms with Crippen molar-refractivity contribution in [2.24, 2.45) is 0 Å². The molecule has 1 aromatic heterocycles. The van der Waals surface area contributed by atoms with Gasteiger partial charge in [0, 0.05) is 23.4 Å². The Bertz CT molecular complexity index is 1080. The molecule has 7 nitrogen and oxygen atoms in total. The Kier molecular flexibility index (Phi) is 4.50. The number of rotatable bonds is 4. The minimum absolute atomic E-state index is 0.0243. The van der Waals surface area contributed by atoms with E-state index in [2.05, 4.69) is 4.98 Å². The van der Waals surface area contributed by atoms with Crippen LogP contribution in [0.15, 0.2) is 59.4 Å². The number of nitrogens with one attached hydrogen (secondary N) is 1. The molecular weight excluding hydrogens is 334 g/mol. The lowest BCUT2D eigenvalue weighted by Gasteiger charge is -2.09. The van der Waals surface area contributed by atoms with Gasteiger partial charge in [-0.3, -0.25) is 14.9 Å². The average molecular weight is 347 g/mol. The molecule has 0 radical (unpaired) electrons. The summed E-state index contributed by atoms with van der Waals surface area (Å²) in [4.78, 5) is 24.8. The molecule has 0 aliphatic carbocycles. The first-order valence-corrected chi connectivity index (χ1v) is 7.64. The Morgan fingerprint density at radius 1 is 1.12 bits per heavy atom. The first kappa shape index (κ1) is 16.9. The normalized spacial score (nSPS) is 10.2. The highest BCUT2D eigenvalue weighted by molar-refractivity contribution is 5.71. The maximum atomic E-state index is 12.0. The zero-order valence-electron chi connectivity index (χ0n) is 13.7. The molecule has 1 heterocycles. The molecule has 1 N–H and O–H groups in total. The number of ether oxygens (including phenoxy) is 1. The zero-order chi connectivity index (χ0) is 18.7. The maximum Gasteiger partial charge on any atom is 0.269 e. The van der Waals surface area contributed by atoms with Gasteiger partial charge in [-0.05, 0) is 42.8 Å². The van der Waals surface area contributed by atoms with Crippen LogP contribution < -0.4 is 10.3 Å². The zero-order valence-corrected chi connectivity index (χ0v) is 13.7. The highest BCUT2D eigenvalue weighted by Gasteiger charge is 2.11. The van der Waals surface area contributed by atoms with Crippen LogP contribution in [0, 0.1) is 28.4 Å². The summed E-state index contributed by atoms with van der Waals surface area (Å²) in [6.45, 7) is 1.74. The lowest BCUT2D eigenvalue weighted by atomic mass is 10.0. The van der Waals surface area contributed by atoms with Crippen molar-refractivity contribution < 1.29 is 9.66 Å². The Morgan fingerprint density at radius 2 is 1.85 bits per heavy atom. The molecule has 26 heavy (non-hydrogen) atoms. The Morgan fingerprint density at radius 3 is 2.50 bits per heavy atom. The number of nitro benzene ring substituents is 1. The van der Waals surface area contributed by atoms with Crippen molar-refractivity contribution in [3.05, 3.63) is 86.3 Å². The van der Waals surface area contributed by atoms with Gasteiger partial charge in [0.15, 0.2) is 0 Å². The molecule has 3 rings (SSSR count). The van der Waals surface area contributed by atoms with Gasteiger partial charge >= 0.3 is 0 Å². The van der Waals surface area contributed by atoms with Gasteiger partial charge in [0.05, 0.1) is 4.92 Å². The van der Waals surface area contributed by atoms with Crippen LogP contribution >= 0.6 is 0 Å². The van der Waals surface area contributed by atoms with Crippen molar-refractivity contribution in [3.63, 3.8) is 0 Å². The smallest absolute Gasteiger partial charge is 0.269 e. The number of benzene rings is 2. The molecule has 0 fully saturated rings. The molecule has 0 aliphatic heterocycles. The van der Waals surface area contributed by atoms with Crippen LogP contribution in [0.5, 0.6) is 11.5 Å². The molecular formula is C19H13N3O4. The van der Waals surface area contributed by atoms with E-state index in [1.807, 2.05) is 6.07 Å². The first-order valence-electron chi connectivity index (χ1n) is 7.64. The van der Waals surface area contributed by atoms with Crippen LogP contribution in [0.3, 0.4) is 0 Å². The van der Waals surface area contributed by atoms with Gasteiger partial charge in [-0.15, -0.1) is 0 Å². The third-order valence-corrected chi connectivity index (χ3v) is 3.71. The number of nitrogens with zero attached hydrogens (tertiary/aromatic N) is 2. The van der Waals surface area contributed by atoms with Crippen LogP contribution in [0.2, 0.25) is 0 Å². The van der Waals surface area contributed by atoms with Gasteiger partial charge in [-0.2, -0.15) is 5.26 Å². The van der Waals surface area contributed by atoms with E-state index in [9.17, 15) is 20.2 Å². The van der Waals surface area contributed by atoms with Crippen molar-refractivity contribution in [1.82, 2.24) is 4.98 Å². The summed E-state index contributed by atoms with van der Waals surface area (Å²) in [6, 6.07) is 16.3. The lowest BCUT2D eigenvalue weighted by Crippen LogP contribution is -2.12. The number of non-ortho nitro benzene ring substituents is 1. The minimum atomic E-state index is -0.483. The van der Waals surface area contributed by atoms with Crippen LogP contribution in [-0.2, 0) is 0 Å². The molecule has 0 aliphatic rings. The van der Waals surface area contributed by atoms with Crippen LogP contribution in [0.1, 0.15) is 11.3 Å². The van der Waals surface area contributed by atoms with Crippen molar-refractivity contribution >= 4 is 5.69 Å². The van der Waals surface area contributed by atoms with Gasteiger partial charge in [0.2, 0.25) is 0 Å². The number of aromatic amines is 1. The second-order valence-corrected chi connectivity index (χ2v) is 5.56.